The third-order valence-electron chi connectivity index (χ3n) is 3.95. The Balaban J connectivity index is 2.08. The Morgan fingerprint density at radius 2 is 1.81 bits per heavy atom. The summed E-state index contributed by atoms with van der Waals surface area (Å²) in [5, 5.41) is 21.1. The van der Waals surface area contributed by atoms with Crippen molar-refractivity contribution in [2.24, 2.45) is 4.99 Å². The van der Waals surface area contributed by atoms with E-state index in [1.807, 2.05) is 24.3 Å². The summed E-state index contributed by atoms with van der Waals surface area (Å²) in [6, 6.07) is 12.6. The fourth-order valence-electron chi connectivity index (χ4n) is 2.79. The van der Waals surface area contributed by atoms with Crippen molar-refractivity contribution >= 4 is 46.3 Å². The van der Waals surface area contributed by atoms with Gasteiger partial charge in [0.2, 0.25) is 5.88 Å². The number of carbonyl (C=O) groups is 1. The minimum atomic E-state index is -0.854. The third-order valence-corrected chi connectivity index (χ3v) is 4.56. The van der Waals surface area contributed by atoms with Gasteiger partial charge in [-0.2, -0.15) is 0 Å². The summed E-state index contributed by atoms with van der Waals surface area (Å²) >= 11 is 12.6. The third kappa shape index (κ3) is 3.54. The smallest absolute Gasteiger partial charge is 0.303 e. The first-order valence-electron chi connectivity index (χ1n) is 7.99. The second-order valence-corrected chi connectivity index (χ2v) is 6.51. The summed E-state index contributed by atoms with van der Waals surface area (Å²) < 4.78 is 1.60. The Bertz CT molecular complexity index is 976. The lowest BCUT2D eigenvalue weighted by molar-refractivity contribution is -0.137. The van der Waals surface area contributed by atoms with Crippen LogP contribution >= 0.6 is 23.2 Å². The number of hydrogen-bond donors (Lipinski definition) is 2. The van der Waals surface area contributed by atoms with Gasteiger partial charge >= 0.3 is 5.97 Å². The highest BCUT2D eigenvalue weighted by molar-refractivity contribution is 6.38. The van der Waals surface area contributed by atoms with Gasteiger partial charge in [-0.3, -0.25) is 14.4 Å². The average molecular weight is 391 g/mol. The highest BCUT2D eigenvalue weighted by Gasteiger charge is 2.19. The van der Waals surface area contributed by atoms with Crippen molar-refractivity contribution in [3.63, 3.8) is 0 Å². The highest BCUT2D eigenvalue weighted by Crippen LogP contribution is 2.38. The summed E-state index contributed by atoms with van der Waals surface area (Å²) in [5.74, 6) is -0.879. The van der Waals surface area contributed by atoms with Crippen LogP contribution in [0.3, 0.4) is 0 Å². The topological polar surface area (TPSA) is 74.8 Å². The molecule has 0 aliphatic rings. The lowest BCUT2D eigenvalue weighted by Crippen LogP contribution is -1.96. The van der Waals surface area contributed by atoms with Crippen molar-refractivity contribution in [2.45, 2.75) is 12.8 Å². The van der Waals surface area contributed by atoms with E-state index < -0.39 is 5.97 Å². The molecule has 1 aromatic heterocycles. The fourth-order valence-corrected chi connectivity index (χ4v) is 3.35. The molecular formula is C19H16Cl2N2O3. The van der Waals surface area contributed by atoms with Crippen LogP contribution in [0.2, 0.25) is 10.0 Å². The summed E-state index contributed by atoms with van der Waals surface area (Å²) in [4.78, 5) is 14.8. The lowest BCUT2D eigenvalue weighted by atomic mass is 10.2. The van der Waals surface area contributed by atoms with Crippen molar-refractivity contribution in [1.82, 2.24) is 4.57 Å². The standard InChI is InChI=1S/C19H16Cl2N2O3/c20-14-6-3-7-15(21)18(14)23-16-8-2-1-5-12(16)13(19(23)26)11-22-10-4-9-17(24)25/h1-3,5-8,11,26H,4,9-10H2,(H,24,25). The number of rotatable bonds is 6. The number of fused-ring (bicyclic) bond motifs is 1. The molecule has 0 spiro atoms. The van der Waals surface area contributed by atoms with Crippen molar-refractivity contribution in [3.8, 4) is 11.6 Å². The summed E-state index contributed by atoms with van der Waals surface area (Å²) in [6.07, 6.45) is 2.04. The number of nitrogens with zero attached hydrogens (tertiary/aromatic N) is 2. The van der Waals surface area contributed by atoms with Crippen LogP contribution in [-0.4, -0.2) is 33.5 Å². The minimum Gasteiger partial charge on any atom is -0.494 e. The molecule has 7 heteroatoms. The molecule has 0 bridgehead atoms. The van der Waals surface area contributed by atoms with Crippen LogP contribution in [0, 0.1) is 0 Å². The van der Waals surface area contributed by atoms with E-state index in [2.05, 4.69) is 4.99 Å². The molecule has 0 saturated carbocycles. The molecule has 1 heterocycles. The van der Waals surface area contributed by atoms with E-state index in [0.29, 0.717) is 34.3 Å². The molecule has 0 saturated heterocycles. The molecule has 0 aliphatic carbocycles. The molecule has 3 aromatic rings. The molecule has 5 nitrogen and oxygen atoms in total. The molecule has 0 unspecified atom stereocenters. The first-order valence-corrected chi connectivity index (χ1v) is 8.74. The normalized spacial score (nSPS) is 11.5. The minimum absolute atomic E-state index is 0.0248. The molecule has 134 valence electrons. The molecule has 0 amide bonds. The number of carboxylic acids is 1. The van der Waals surface area contributed by atoms with Crippen LogP contribution in [0.25, 0.3) is 16.6 Å². The van der Waals surface area contributed by atoms with Crippen LogP contribution in [0.15, 0.2) is 47.5 Å². The van der Waals surface area contributed by atoms with E-state index in [0.717, 1.165) is 10.9 Å². The number of aromatic hydroxyl groups is 1. The van der Waals surface area contributed by atoms with E-state index in [9.17, 15) is 9.90 Å². The van der Waals surface area contributed by atoms with Gasteiger partial charge in [0.15, 0.2) is 0 Å². The number of benzene rings is 2. The molecule has 2 aromatic carbocycles. The molecule has 3 rings (SSSR count). The van der Waals surface area contributed by atoms with Gasteiger partial charge in [-0.1, -0.05) is 47.5 Å². The molecule has 0 aliphatic heterocycles. The summed E-state index contributed by atoms with van der Waals surface area (Å²) in [7, 11) is 0. The average Bonchev–Trinajstić information content (AvgIpc) is 2.87. The SMILES string of the molecule is O=C(O)CCCN=Cc1c(O)n(-c2c(Cl)cccc2Cl)c2ccccc12. The van der Waals surface area contributed by atoms with Crippen LogP contribution in [0.4, 0.5) is 0 Å². The largest absolute Gasteiger partial charge is 0.494 e. The van der Waals surface area contributed by atoms with Gasteiger partial charge in [0.25, 0.3) is 0 Å². The van der Waals surface area contributed by atoms with E-state index in [1.165, 1.54) is 0 Å². The predicted molar refractivity (Wildman–Crippen MR) is 104 cm³/mol. The quantitative estimate of drug-likeness (QED) is 0.462. The van der Waals surface area contributed by atoms with E-state index in [1.54, 1.807) is 29.0 Å². The van der Waals surface area contributed by atoms with E-state index in [-0.39, 0.29) is 12.3 Å². The first kappa shape index (κ1) is 18.3. The molecular weight excluding hydrogens is 375 g/mol. The second kappa shape index (κ2) is 7.81. The van der Waals surface area contributed by atoms with Crippen molar-refractivity contribution in [2.75, 3.05) is 6.54 Å². The van der Waals surface area contributed by atoms with Crippen LogP contribution < -0.4 is 0 Å². The maximum atomic E-state index is 10.8. The lowest BCUT2D eigenvalue weighted by Gasteiger charge is -2.11. The monoisotopic (exact) mass is 390 g/mol. The van der Waals surface area contributed by atoms with E-state index >= 15 is 0 Å². The van der Waals surface area contributed by atoms with Crippen LogP contribution in [0.1, 0.15) is 18.4 Å². The van der Waals surface area contributed by atoms with Gasteiger partial charge in [-0.05, 0) is 24.6 Å². The van der Waals surface area contributed by atoms with Crippen LogP contribution in [-0.2, 0) is 4.79 Å². The Kier molecular flexibility index (Phi) is 5.49. The Labute approximate surface area is 160 Å². The first-order chi connectivity index (χ1) is 12.5. The second-order valence-electron chi connectivity index (χ2n) is 5.69. The molecule has 0 fully saturated rings. The maximum Gasteiger partial charge on any atom is 0.303 e. The van der Waals surface area contributed by atoms with Gasteiger partial charge < -0.3 is 10.2 Å². The number of hydrogen-bond acceptors (Lipinski definition) is 3. The number of halogens is 2. The van der Waals surface area contributed by atoms with Gasteiger partial charge in [0, 0.05) is 24.6 Å². The summed E-state index contributed by atoms with van der Waals surface area (Å²) in [6.45, 7) is 0.359. The number of aliphatic imine (C=N–C) groups is 1. The molecule has 2 N–H and O–H groups in total. The van der Waals surface area contributed by atoms with Gasteiger partial charge in [-0.15, -0.1) is 0 Å². The van der Waals surface area contributed by atoms with Crippen molar-refractivity contribution < 1.29 is 15.0 Å². The molecule has 0 atom stereocenters. The maximum absolute atomic E-state index is 10.8. The highest BCUT2D eigenvalue weighted by atomic mass is 35.5. The number of para-hydroxylation sites is 2. The number of aliphatic carboxylic acids is 1. The van der Waals surface area contributed by atoms with Gasteiger partial charge in [0.05, 0.1) is 26.8 Å². The van der Waals surface area contributed by atoms with Crippen LogP contribution in [0.5, 0.6) is 5.88 Å². The Morgan fingerprint density at radius 1 is 1.12 bits per heavy atom. The molecule has 26 heavy (non-hydrogen) atoms. The zero-order valence-corrected chi connectivity index (χ0v) is 15.2. The Morgan fingerprint density at radius 3 is 2.50 bits per heavy atom. The van der Waals surface area contributed by atoms with E-state index in [4.69, 9.17) is 28.3 Å². The number of aromatic nitrogens is 1. The fraction of sp³-hybridized carbons (Fsp3) is 0.158. The van der Waals surface area contributed by atoms with Crippen molar-refractivity contribution in [1.29, 1.82) is 0 Å². The zero-order chi connectivity index (χ0) is 18.7. The Hall–Kier alpha value is -2.50. The zero-order valence-electron chi connectivity index (χ0n) is 13.7. The number of carboxylic acid groups (broad SMARTS) is 1. The predicted octanol–water partition coefficient (Wildman–Crippen LogP) is 4.93. The van der Waals surface area contributed by atoms with Gasteiger partial charge in [-0.25, -0.2) is 0 Å². The van der Waals surface area contributed by atoms with Crippen molar-refractivity contribution in [3.05, 3.63) is 58.1 Å². The van der Waals surface area contributed by atoms with Gasteiger partial charge in [0.1, 0.15) is 0 Å². The molecule has 0 radical (unpaired) electrons. The summed E-state index contributed by atoms with van der Waals surface area (Å²) in [5.41, 5.74) is 1.77.